The van der Waals surface area contributed by atoms with Gasteiger partial charge in [0.1, 0.15) is 17.1 Å². The van der Waals surface area contributed by atoms with Crippen molar-refractivity contribution in [2.45, 2.75) is 29.9 Å². The van der Waals surface area contributed by atoms with E-state index in [4.69, 9.17) is 9.15 Å². The highest BCUT2D eigenvalue weighted by Gasteiger charge is 2.20. The molecule has 0 spiro atoms. The molecule has 0 N–H and O–H groups in total. The van der Waals surface area contributed by atoms with Gasteiger partial charge in [0.25, 0.3) is 0 Å². The van der Waals surface area contributed by atoms with Crippen LogP contribution in [-0.2, 0) is 28.1 Å². The Kier molecular flexibility index (Phi) is 6.05. The predicted molar refractivity (Wildman–Crippen MR) is 125 cm³/mol. The van der Waals surface area contributed by atoms with Crippen LogP contribution in [0.5, 0.6) is 5.75 Å². The molecule has 0 atom stereocenters. The second-order valence-electron chi connectivity index (χ2n) is 7.86. The Labute approximate surface area is 194 Å². The molecule has 0 aliphatic heterocycles. The molecule has 0 fully saturated rings. The van der Waals surface area contributed by atoms with E-state index in [1.54, 1.807) is 23.9 Å². The number of carbonyl (C=O) groups excluding carboxylic acids is 1. The number of esters is 1. The zero-order chi connectivity index (χ0) is 22.8. The van der Waals surface area contributed by atoms with Crippen LogP contribution in [-0.4, -0.2) is 24.7 Å². The summed E-state index contributed by atoms with van der Waals surface area (Å²) in [5.74, 6) is 1.26. The molecule has 0 unspecified atom stereocenters. The summed E-state index contributed by atoms with van der Waals surface area (Å²) in [5, 5.41) is 0. The normalized spacial score (nSPS) is 12.7. The van der Waals surface area contributed by atoms with Gasteiger partial charge in [-0.15, -0.1) is 11.8 Å². The van der Waals surface area contributed by atoms with Crippen LogP contribution in [0.1, 0.15) is 23.1 Å². The molecule has 5 rings (SSSR count). The third kappa shape index (κ3) is 4.59. The van der Waals surface area contributed by atoms with Crippen molar-refractivity contribution in [3.8, 4) is 17.2 Å². The minimum absolute atomic E-state index is 0.0786. The molecule has 168 valence electrons. The lowest BCUT2D eigenvalue weighted by Gasteiger charge is -2.13. The Bertz CT molecular complexity index is 1330. The number of hydrogen-bond donors (Lipinski definition) is 0. The number of nitrogens with zero attached hydrogens (tertiary/aromatic N) is 1. The molecule has 1 heterocycles. The number of fused-ring (bicyclic) bond motifs is 2. The fraction of sp³-hybridized carbons (Fsp3) is 0.231. The van der Waals surface area contributed by atoms with Gasteiger partial charge in [0.05, 0.1) is 7.11 Å². The maximum atomic E-state index is 13.5. The molecule has 1 aliphatic carbocycles. The van der Waals surface area contributed by atoms with Crippen LogP contribution < -0.4 is 4.74 Å². The molecule has 0 saturated carbocycles. The van der Waals surface area contributed by atoms with Crippen LogP contribution in [0.15, 0.2) is 63.9 Å². The maximum Gasteiger partial charge on any atom is 0.343 e. The number of rotatable bonds is 7. The second-order valence-corrected chi connectivity index (χ2v) is 8.87. The second kappa shape index (κ2) is 9.27. The topological polar surface area (TPSA) is 61.6 Å². The van der Waals surface area contributed by atoms with Crippen molar-refractivity contribution < 1.29 is 23.1 Å². The summed E-state index contributed by atoms with van der Waals surface area (Å²) in [7, 11) is 1.36. The maximum absolute atomic E-state index is 13.5. The summed E-state index contributed by atoms with van der Waals surface area (Å²) in [4.78, 5) is 17.2. The van der Waals surface area contributed by atoms with Gasteiger partial charge in [-0.05, 0) is 78.4 Å². The third-order valence-corrected chi connectivity index (χ3v) is 6.86. The van der Waals surface area contributed by atoms with Gasteiger partial charge in [-0.3, -0.25) is 0 Å². The van der Waals surface area contributed by atoms with E-state index in [1.807, 2.05) is 24.3 Å². The molecule has 0 saturated heterocycles. The number of carbonyl (C=O) groups is 1. The summed E-state index contributed by atoms with van der Waals surface area (Å²) in [6.45, 7) is -0.0786. The quantitative estimate of drug-likeness (QED) is 0.249. The molecule has 33 heavy (non-hydrogen) atoms. The summed E-state index contributed by atoms with van der Waals surface area (Å²) < 4.78 is 29.7. The minimum atomic E-state index is -0.385. The number of aromatic nitrogens is 1. The number of hydrogen-bond acceptors (Lipinski definition) is 6. The van der Waals surface area contributed by atoms with Gasteiger partial charge in [0, 0.05) is 16.2 Å². The zero-order valence-electron chi connectivity index (χ0n) is 18.1. The van der Waals surface area contributed by atoms with Crippen molar-refractivity contribution >= 4 is 28.8 Å². The zero-order valence-corrected chi connectivity index (χ0v) is 18.9. The van der Waals surface area contributed by atoms with E-state index in [9.17, 15) is 9.18 Å². The van der Waals surface area contributed by atoms with Crippen molar-refractivity contribution in [1.29, 1.82) is 0 Å². The smallest absolute Gasteiger partial charge is 0.343 e. The fourth-order valence-electron chi connectivity index (χ4n) is 4.08. The first-order valence-electron chi connectivity index (χ1n) is 10.7. The van der Waals surface area contributed by atoms with E-state index in [2.05, 4.69) is 15.8 Å². The molecule has 0 amide bonds. The molecular weight excluding hydrogens is 441 g/mol. The van der Waals surface area contributed by atoms with Gasteiger partial charge in [-0.2, -0.15) is 0 Å². The number of benzene rings is 3. The Hall–Kier alpha value is -3.32. The summed E-state index contributed by atoms with van der Waals surface area (Å²) in [5.41, 5.74) is 5.67. The Morgan fingerprint density at radius 3 is 2.85 bits per heavy atom. The van der Waals surface area contributed by atoms with E-state index >= 15 is 0 Å². The van der Waals surface area contributed by atoms with Crippen molar-refractivity contribution in [3.05, 3.63) is 77.1 Å². The molecular formula is C26H22FNO4S. The lowest BCUT2D eigenvalue weighted by atomic mass is 10.1. The van der Waals surface area contributed by atoms with Crippen molar-refractivity contribution in [2.24, 2.45) is 0 Å². The summed E-state index contributed by atoms with van der Waals surface area (Å²) in [6.07, 6.45) is 3.04. The third-order valence-electron chi connectivity index (χ3n) is 5.69. The average molecular weight is 464 g/mol. The molecule has 0 bridgehead atoms. The SMILES string of the molecule is COC(=O)COc1ccc(SCc2ccc3oc(-c4cccc(F)c4)nc3c2)c2c1CCC2. The molecule has 7 heteroatoms. The molecule has 3 aromatic carbocycles. The first-order chi connectivity index (χ1) is 16.1. The molecule has 4 aromatic rings. The first kappa shape index (κ1) is 21.5. The highest BCUT2D eigenvalue weighted by atomic mass is 32.2. The van der Waals surface area contributed by atoms with E-state index in [0.29, 0.717) is 17.0 Å². The molecule has 1 aliphatic rings. The highest BCUT2D eigenvalue weighted by molar-refractivity contribution is 7.98. The highest BCUT2D eigenvalue weighted by Crippen LogP contribution is 2.39. The first-order valence-corrected chi connectivity index (χ1v) is 11.7. The van der Waals surface area contributed by atoms with Gasteiger partial charge < -0.3 is 13.9 Å². The number of methoxy groups -OCH3 is 1. The van der Waals surface area contributed by atoms with Gasteiger partial charge in [0.15, 0.2) is 12.2 Å². The largest absolute Gasteiger partial charge is 0.482 e. The van der Waals surface area contributed by atoms with Crippen molar-refractivity contribution in [3.63, 3.8) is 0 Å². The average Bonchev–Trinajstić information content (AvgIpc) is 3.49. The summed E-state index contributed by atoms with van der Waals surface area (Å²) in [6, 6.07) is 16.2. The summed E-state index contributed by atoms with van der Waals surface area (Å²) >= 11 is 1.78. The molecule has 5 nitrogen and oxygen atoms in total. The standard InChI is InChI=1S/C26H22FNO4S/c1-30-25(29)14-31-22-10-11-24(20-7-3-6-19(20)22)33-15-16-8-9-23-21(12-16)28-26(32-23)17-4-2-5-18(27)13-17/h2,4-5,8-13H,3,6-7,14-15H2,1H3. The van der Waals surface area contributed by atoms with E-state index in [1.165, 1.54) is 35.3 Å². The van der Waals surface area contributed by atoms with Crippen molar-refractivity contribution in [2.75, 3.05) is 13.7 Å². The van der Waals surface area contributed by atoms with Gasteiger partial charge in [-0.1, -0.05) is 12.1 Å². The Morgan fingerprint density at radius 1 is 1.12 bits per heavy atom. The molecule has 1 aromatic heterocycles. The fourth-order valence-corrected chi connectivity index (χ4v) is 5.14. The van der Waals surface area contributed by atoms with E-state index in [-0.39, 0.29) is 18.4 Å². The van der Waals surface area contributed by atoms with Crippen LogP contribution in [0.3, 0.4) is 0 Å². The van der Waals surface area contributed by atoms with Gasteiger partial charge in [0.2, 0.25) is 5.89 Å². The number of oxazole rings is 1. The van der Waals surface area contributed by atoms with Crippen LogP contribution >= 0.6 is 11.8 Å². The lowest BCUT2D eigenvalue weighted by molar-refractivity contribution is -0.142. The molecule has 0 radical (unpaired) electrons. The Balaban J connectivity index is 1.32. The Morgan fingerprint density at radius 2 is 2.00 bits per heavy atom. The van der Waals surface area contributed by atoms with Gasteiger partial charge >= 0.3 is 5.97 Å². The number of ether oxygens (including phenoxy) is 2. The predicted octanol–water partition coefficient (Wildman–Crippen LogP) is 5.97. The van der Waals surface area contributed by atoms with Crippen LogP contribution in [0, 0.1) is 5.82 Å². The van der Waals surface area contributed by atoms with Crippen LogP contribution in [0.4, 0.5) is 4.39 Å². The van der Waals surface area contributed by atoms with Crippen LogP contribution in [0.25, 0.3) is 22.6 Å². The monoisotopic (exact) mass is 463 g/mol. The number of thioether (sulfide) groups is 1. The number of halogens is 1. The minimum Gasteiger partial charge on any atom is -0.482 e. The van der Waals surface area contributed by atoms with E-state index < -0.39 is 0 Å². The van der Waals surface area contributed by atoms with Gasteiger partial charge in [-0.25, -0.2) is 14.2 Å². The van der Waals surface area contributed by atoms with E-state index in [0.717, 1.165) is 41.8 Å². The van der Waals surface area contributed by atoms with Crippen LogP contribution in [0.2, 0.25) is 0 Å². The van der Waals surface area contributed by atoms with Crippen molar-refractivity contribution in [1.82, 2.24) is 4.98 Å². The lowest BCUT2D eigenvalue weighted by Crippen LogP contribution is -2.13.